The molecule has 0 aliphatic carbocycles. The fraction of sp³-hybridized carbons (Fsp3) is 0.600. The third-order valence-corrected chi connectivity index (χ3v) is 4.43. The molecule has 18 heavy (non-hydrogen) atoms. The highest BCUT2D eigenvalue weighted by Crippen LogP contribution is 2.10. The van der Waals surface area contributed by atoms with Crippen molar-refractivity contribution in [2.24, 2.45) is 5.92 Å². The lowest BCUT2D eigenvalue weighted by atomic mass is 10.1. The number of aryl methyl sites for hydroxylation is 1. The lowest BCUT2D eigenvalue weighted by molar-refractivity contribution is 0.440. The minimum atomic E-state index is -0.794. The molecule has 0 saturated heterocycles. The van der Waals surface area contributed by atoms with E-state index in [1.54, 1.807) is 0 Å². The van der Waals surface area contributed by atoms with Gasteiger partial charge in [0.05, 0.1) is 0 Å². The number of hydrogen-bond acceptors (Lipinski definition) is 2. The van der Waals surface area contributed by atoms with E-state index >= 15 is 0 Å². The zero-order valence-electron chi connectivity index (χ0n) is 11.9. The van der Waals surface area contributed by atoms with Gasteiger partial charge in [-0.1, -0.05) is 50.6 Å². The third kappa shape index (κ3) is 5.32. The molecule has 0 aliphatic heterocycles. The Balaban J connectivity index is 2.55. The predicted octanol–water partition coefficient (Wildman–Crippen LogP) is 2.88. The Kier molecular flexibility index (Phi) is 6.58. The van der Waals surface area contributed by atoms with Crippen molar-refractivity contribution in [3.05, 3.63) is 35.4 Å². The van der Waals surface area contributed by atoms with Crippen molar-refractivity contribution in [3.8, 4) is 0 Å². The van der Waals surface area contributed by atoms with Crippen LogP contribution in [0.15, 0.2) is 24.3 Å². The molecule has 0 heterocycles. The van der Waals surface area contributed by atoms with Crippen LogP contribution in [0.25, 0.3) is 0 Å². The van der Waals surface area contributed by atoms with E-state index in [1.807, 2.05) is 6.07 Å². The van der Waals surface area contributed by atoms with Gasteiger partial charge in [0.15, 0.2) is 0 Å². The Morgan fingerprint density at radius 2 is 2.06 bits per heavy atom. The molecule has 1 aromatic rings. The predicted molar refractivity (Wildman–Crippen MR) is 80.2 cm³/mol. The Labute approximate surface area is 114 Å². The zero-order valence-corrected chi connectivity index (χ0v) is 12.7. The molecular formula is C15H25NOS. The van der Waals surface area contributed by atoms with Crippen molar-refractivity contribution in [3.63, 3.8) is 0 Å². The molecule has 1 rings (SSSR count). The fourth-order valence-corrected chi connectivity index (χ4v) is 3.57. The topological polar surface area (TPSA) is 29.1 Å². The van der Waals surface area contributed by atoms with E-state index in [0.717, 1.165) is 12.3 Å². The lowest BCUT2D eigenvalue weighted by Crippen LogP contribution is -2.38. The molecule has 1 N–H and O–H groups in total. The van der Waals surface area contributed by atoms with Gasteiger partial charge >= 0.3 is 0 Å². The van der Waals surface area contributed by atoms with Crippen LogP contribution in [0.4, 0.5) is 0 Å². The number of rotatable bonds is 7. The molecule has 0 aromatic heterocycles. The van der Waals surface area contributed by atoms with E-state index in [9.17, 15) is 4.21 Å². The fourth-order valence-electron chi connectivity index (χ4n) is 2.00. The average Bonchev–Trinajstić information content (AvgIpc) is 2.28. The highest BCUT2D eigenvalue weighted by atomic mass is 32.2. The van der Waals surface area contributed by atoms with Crippen LogP contribution in [-0.2, 0) is 16.6 Å². The SMILES string of the molecule is CCNC(CS(=O)Cc1cccc(C)c1)C(C)C. The van der Waals surface area contributed by atoms with Crippen molar-refractivity contribution in [2.75, 3.05) is 12.3 Å². The molecule has 0 saturated carbocycles. The molecule has 0 spiro atoms. The second kappa shape index (κ2) is 7.70. The van der Waals surface area contributed by atoms with Gasteiger partial charge in [-0.3, -0.25) is 4.21 Å². The van der Waals surface area contributed by atoms with E-state index < -0.39 is 10.8 Å². The van der Waals surface area contributed by atoms with Crippen LogP contribution in [-0.4, -0.2) is 22.5 Å². The normalized spacial score (nSPS) is 14.7. The van der Waals surface area contributed by atoms with E-state index in [-0.39, 0.29) is 0 Å². The van der Waals surface area contributed by atoms with Crippen molar-refractivity contribution in [1.82, 2.24) is 5.32 Å². The second-order valence-corrected chi connectivity index (χ2v) is 6.65. The van der Waals surface area contributed by atoms with Gasteiger partial charge in [0.1, 0.15) is 0 Å². The number of benzene rings is 1. The molecule has 0 aliphatic rings. The van der Waals surface area contributed by atoms with Gasteiger partial charge in [0, 0.05) is 28.3 Å². The van der Waals surface area contributed by atoms with Crippen molar-refractivity contribution >= 4 is 10.8 Å². The van der Waals surface area contributed by atoms with Crippen molar-refractivity contribution in [2.45, 2.75) is 39.5 Å². The van der Waals surface area contributed by atoms with Crippen molar-refractivity contribution in [1.29, 1.82) is 0 Å². The summed E-state index contributed by atoms with van der Waals surface area (Å²) in [6.07, 6.45) is 0. The molecular weight excluding hydrogens is 242 g/mol. The molecule has 102 valence electrons. The molecule has 1 aromatic carbocycles. The van der Waals surface area contributed by atoms with E-state index in [1.165, 1.54) is 11.1 Å². The van der Waals surface area contributed by atoms with Gasteiger partial charge in [-0.25, -0.2) is 0 Å². The monoisotopic (exact) mass is 267 g/mol. The van der Waals surface area contributed by atoms with Crippen LogP contribution < -0.4 is 5.32 Å². The highest BCUT2D eigenvalue weighted by molar-refractivity contribution is 7.84. The largest absolute Gasteiger partial charge is 0.313 e. The minimum absolute atomic E-state index is 0.348. The van der Waals surface area contributed by atoms with Crippen LogP contribution in [0.2, 0.25) is 0 Å². The van der Waals surface area contributed by atoms with E-state index in [4.69, 9.17) is 0 Å². The molecule has 0 amide bonds. The van der Waals surface area contributed by atoms with Crippen LogP contribution in [0.3, 0.4) is 0 Å². The summed E-state index contributed by atoms with van der Waals surface area (Å²) in [7, 11) is -0.794. The molecule has 2 nitrogen and oxygen atoms in total. The number of hydrogen-bond donors (Lipinski definition) is 1. The summed E-state index contributed by atoms with van der Waals surface area (Å²) in [5.74, 6) is 1.92. The summed E-state index contributed by atoms with van der Waals surface area (Å²) in [6, 6.07) is 8.63. The average molecular weight is 267 g/mol. The Morgan fingerprint density at radius 3 is 2.61 bits per heavy atom. The van der Waals surface area contributed by atoms with Crippen LogP contribution >= 0.6 is 0 Å². The summed E-state index contributed by atoms with van der Waals surface area (Å²) in [6.45, 7) is 9.46. The minimum Gasteiger partial charge on any atom is -0.313 e. The summed E-state index contributed by atoms with van der Waals surface area (Å²) >= 11 is 0. The van der Waals surface area contributed by atoms with Gasteiger partial charge in [-0.05, 0) is 24.9 Å². The second-order valence-electron chi connectivity index (χ2n) is 5.15. The summed E-state index contributed by atoms with van der Waals surface area (Å²) in [5.41, 5.74) is 2.41. The summed E-state index contributed by atoms with van der Waals surface area (Å²) in [5, 5.41) is 3.42. The van der Waals surface area contributed by atoms with E-state index in [2.05, 4.69) is 51.2 Å². The molecule has 2 atom stereocenters. The molecule has 3 heteroatoms. The quantitative estimate of drug-likeness (QED) is 0.823. The first-order chi connectivity index (χ1) is 8.52. The van der Waals surface area contributed by atoms with Gasteiger partial charge in [0.2, 0.25) is 0 Å². The number of nitrogens with one attached hydrogen (secondary N) is 1. The summed E-state index contributed by atoms with van der Waals surface area (Å²) in [4.78, 5) is 0. The Hall–Kier alpha value is -0.670. The first-order valence-corrected chi connectivity index (χ1v) is 8.15. The maximum Gasteiger partial charge on any atom is 0.0486 e. The van der Waals surface area contributed by atoms with Gasteiger partial charge in [-0.2, -0.15) is 0 Å². The smallest absolute Gasteiger partial charge is 0.0486 e. The van der Waals surface area contributed by atoms with Crippen LogP contribution in [0.1, 0.15) is 31.9 Å². The van der Waals surface area contributed by atoms with Gasteiger partial charge in [0.25, 0.3) is 0 Å². The molecule has 0 fully saturated rings. The first kappa shape index (κ1) is 15.4. The maximum absolute atomic E-state index is 12.2. The highest BCUT2D eigenvalue weighted by Gasteiger charge is 2.15. The maximum atomic E-state index is 12.2. The van der Waals surface area contributed by atoms with Gasteiger partial charge < -0.3 is 5.32 Å². The van der Waals surface area contributed by atoms with Crippen molar-refractivity contribution < 1.29 is 4.21 Å². The first-order valence-electron chi connectivity index (χ1n) is 6.66. The molecule has 0 bridgehead atoms. The third-order valence-electron chi connectivity index (χ3n) is 3.05. The molecule has 0 radical (unpaired) electrons. The molecule has 2 unspecified atom stereocenters. The van der Waals surface area contributed by atoms with E-state index in [0.29, 0.717) is 17.7 Å². The standard InChI is InChI=1S/C15H25NOS/c1-5-16-15(12(2)3)11-18(17)10-14-8-6-7-13(4)9-14/h6-9,12,15-16H,5,10-11H2,1-4H3. The Bertz CT molecular complexity index is 390. The Morgan fingerprint density at radius 1 is 1.33 bits per heavy atom. The zero-order chi connectivity index (χ0) is 13.5. The van der Waals surface area contributed by atoms with Crippen LogP contribution in [0.5, 0.6) is 0 Å². The summed E-state index contributed by atoms with van der Waals surface area (Å²) < 4.78 is 12.2. The van der Waals surface area contributed by atoms with Gasteiger partial charge in [-0.15, -0.1) is 0 Å². The van der Waals surface area contributed by atoms with Crippen LogP contribution in [0, 0.1) is 12.8 Å². The lowest BCUT2D eigenvalue weighted by Gasteiger charge is -2.21.